The number of benzene rings is 3. The fourth-order valence-electron chi connectivity index (χ4n) is 3.95. The highest BCUT2D eigenvalue weighted by molar-refractivity contribution is 7.78. The van der Waals surface area contributed by atoms with Crippen LogP contribution in [0.4, 0.5) is 0 Å². The van der Waals surface area contributed by atoms with Crippen molar-refractivity contribution >= 4 is 23.0 Å². The van der Waals surface area contributed by atoms with Gasteiger partial charge in [-0.2, -0.15) is 0 Å². The number of hydrogen-bond acceptors (Lipinski definition) is 2. The third-order valence-corrected chi connectivity index (χ3v) is 5.82. The summed E-state index contributed by atoms with van der Waals surface area (Å²) in [6.07, 6.45) is 4.69. The normalized spacial score (nSPS) is 16.4. The summed E-state index contributed by atoms with van der Waals surface area (Å²) in [7, 11) is 0. The van der Waals surface area contributed by atoms with Crippen LogP contribution in [0.2, 0.25) is 0 Å². The first kappa shape index (κ1) is 20.2. The quantitative estimate of drug-likeness (QED) is 0.314. The second-order valence-corrected chi connectivity index (χ2v) is 8.22. The Bertz CT molecular complexity index is 1140. The molecule has 148 valence electrons. The van der Waals surface area contributed by atoms with Crippen LogP contribution in [0.25, 0.3) is 5.57 Å². The molecule has 0 aliphatic heterocycles. The first-order valence-corrected chi connectivity index (χ1v) is 10.7. The Kier molecular flexibility index (Phi) is 5.90. The Morgan fingerprint density at radius 2 is 1.27 bits per heavy atom. The monoisotopic (exact) mass is 407 g/mol. The predicted octanol–water partition coefficient (Wildman–Crippen LogP) is 7.56. The molecular formula is C28H25NS. The van der Waals surface area contributed by atoms with Crippen LogP contribution < -0.4 is 0 Å². The molecule has 4 rings (SSSR count). The molecule has 0 N–H and O–H groups in total. The van der Waals surface area contributed by atoms with Crippen LogP contribution in [-0.2, 0) is 0 Å². The molecule has 1 nitrogen and oxygen atoms in total. The number of aliphatic imine (C=N–C) groups is 1. The molecule has 0 radical (unpaired) electrons. The zero-order chi connectivity index (χ0) is 21.1. The van der Waals surface area contributed by atoms with E-state index >= 15 is 0 Å². The van der Waals surface area contributed by atoms with Crippen molar-refractivity contribution < 1.29 is 0 Å². The minimum atomic E-state index is -0.161. The number of nitrogens with zero attached hydrogens (tertiary/aromatic N) is 1. The average molecular weight is 408 g/mol. The molecule has 0 amide bonds. The largest absolute Gasteiger partial charge is 0.219 e. The summed E-state index contributed by atoms with van der Waals surface area (Å²) in [5, 5.41) is 2.64. The summed E-state index contributed by atoms with van der Waals surface area (Å²) in [5.74, 6) is 0.213. The summed E-state index contributed by atoms with van der Waals surface area (Å²) in [5.41, 5.74) is 9.79. The van der Waals surface area contributed by atoms with Crippen LogP contribution >= 0.6 is 12.2 Å². The van der Waals surface area contributed by atoms with E-state index in [1.807, 2.05) is 0 Å². The molecule has 3 aromatic rings. The van der Waals surface area contributed by atoms with Gasteiger partial charge >= 0.3 is 0 Å². The Labute approximate surface area is 184 Å². The number of thiocarbonyl (C=S) groups is 1. The van der Waals surface area contributed by atoms with Gasteiger partial charge in [0.2, 0.25) is 0 Å². The molecule has 0 aromatic heterocycles. The van der Waals surface area contributed by atoms with E-state index in [1.54, 1.807) is 0 Å². The third kappa shape index (κ3) is 4.26. The Morgan fingerprint density at radius 3 is 1.83 bits per heavy atom. The minimum absolute atomic E-state index is 0.161. The molecule has 0 heterocycles. The van der Waals surface area contributed by atoms with Crippen LogP contribution in [0.3, 0.4) is 0 Å². The molecular weight excluding hydrogens is 382 g/mol. The Morgan fingerprint density at radius 1 is 0.733 bits per heavy atom. The average Bonchev–Trinajstić information content (AvgIpc) is 3.19. The SMILES string of the molecule is Cc1ccc(C2=CC(c3ccc(C)cc3)C=C2[C@H](N=C=S)c2ccc(C)cc2)cc1. The minimum Gasteiger partial charge on any atom is -0.219 e. The lowest BCUT2D eigenvalue weighted by atomic mass is 9.91. The predicted molar refractivity (Wildman–Crippen MR) is 130 cm³/mol. The summed E-state index contributed by atoms with van der Waals surface area (Å²) in [6.45, 7) is 6.33. The van der Waals surface area contributed by atoms with Gasteiger partial charge in [0, 0.05) is 5.92 Å². The molecule has 3 aromatic carbocycles. The van der Waals surface area contributed by atoms with Crippen molar-refractivity contribution in [3.05, 3.63) is 124 Å². The van der Waals surface area contributed by atoms with Gasteiger partial charge in [-0.05, 0) is 60.8 Å². The van der Waals surface area contributed by atoms with Crippen molar-refractivity contribution in [2.24, 2.45) is 4.99 Å². The van der Waals surface area contributed by atoms with Crippen molar-refractivity contribution in [1.82, 2.24) is 0 Å². The molecule has 0 bridgehead atoms. The lowest BCUT2D eigenvalue weighted by Gasteiger charge is -2.17. The second kappa shape index (κ2) is 8.75. The second-order valence-electron chi connectivity index (χ2n) is 8.04. The fraction of sp³-hybridized carbons (Fsp3) is 0.179. The van der Waals surface area contributed by atoms with E-state index in [4.69, 9.17) is 12.2 Å². The van der Waals surface area contributed by atoms with E-state index in [2.05, 4.69) is 116 Å². The Balaban J connectivity index is 1.83. The van der Waals surface area contributed by atoms with Gasteiger partial charge in [-0.3, -0.25) is 0 Å². The highest BCUT2D eigenvalue weighted by Gasteiger charge is 2.27. The van der Waals surface area contributed by atoms with Crippen LogP contribution in [-0.4, -0.2) is 5.16 Å². The van der Waals surface area contributed by atoms with Gasteiger partial charge in [0.05, 0.1) is 5.16 Å². The van der Waals surface area contributed by atoms with E-state index in [0.29, 0.717) is 0 Å². The molecule has 0 fully saturated rings. The number of aryl methyl sites for hydroxylation is 3. The molecule has 2 heteroatoms. The highest BCUT2D eigenvalue weighted by Crippen LogP contribution is 2.44. The summed E-state index contributed by atoms with van der Waals surface area (Å²) >= 11 is 5.04. The molecule has 30 heavy (non-hydrogen) atoms. The van der Waals surface area contributed by atoms with E-state index in [1.165, 1.54) is 39.0 Å². The zero-order valence-corrected chi connectivity index (χ0v) is 18.4. The maximum Gasteiger partial charge on any atom is 0.111 e. The van der Waals surface area contributed by atoms with E-state index in [9.17, 15) is 0 Å². The molecule has 1 unspecified atom stereocenters. The smallest absolute Gasteiger partial charge is 0.111 e. The van der Waals surface area contributed by atoms with E-state index in [0.717, 1.165) is 5.56 Å². The van der Waals surface area contributed by atoms with Crippen molar-refractivity contribution in [2.45, 2.75) is 32.7 Å². The number of hydrogen-bond donors (Lipinski definition) is 0. The molecule has 0 saturated carbocycles. The number of allylic oxidation sites excluding steroid dienone is 2. The van der Waals surface area contributed by atoms with Gasteiger partial charge in [0.25, 0.3) is 0 Å². The molecule has 0 spiro atoms. The van der Waals surface area contributed by atoms with Crippen LogP contribution in [0.5, 0.6) is 0 Å². The Hall–Kier alpha value is -3.06. The van der Waals surface area contributed by atoms with Gasteiger partial charge in [-0.1, -0.05) is 102 Å². The van der Waals surface area contributed by atoms with Gasteiger partial charge in [-0.15, -0.1) is 0 Å². The lowest BCUT2D eigenvalue weighted by Crippen LogP contribution is -2.01. The third-order valence-electron chi connectivity index (χ3n) is 5.71. The molecule has 1 aliphatic carbocycles. The summed E-state index contributed by atoms with van der Waals surface area (Å²) in [4.78, 5) is 4.60. The van der Waals surface area contributed by atoms with Crippen LogP contribution in [0.1, 0.15) is 45.3 Å². The van der Waals surface area contributed by atoms with Crippen LogP contribution in [0.15, 0.2) is 95.5 Å². The van der Waals surface area contributed by atoms with Gasteiger partial charge < -0.3 is 0 Å². The first-order chi connectivity index (χ1) is 14.5. The van der Waals surface area contributed by atoms with E-state index in [-0.39, 0.29) is 12.0 Å². The number of rotatable bonds is 5. The van der Waals surface area contributed by atoms with Crippen molar-refractivity contribution in [3.8, 4) is 0 Å². The lowest BCUT2D eigenvalue weighted by molar-refractivity contribution is 0.881. The van der Waals surface area contributed by atoms with Gasteiger partial charge in [0.1, 0.15) is 6.04 Å². The maximum absolute atomic E-state index is 5.04. The fourth-order valence-corrected chi connectivity index (χ4v) is 4.05. The standard InChI is InChI=1S/C28H25NS/c1-19-4-10-22(11-5-19)25-16-26(23-12-6-20(2)7-13-23)27(17-25)28(29-18-30)24-14-8-21(3)9-15-24/h4-17,25,28H,1-3H3/t25?,28-/m1/s1. The molecule has 1 aliphatic rings. The van der Waals surface area contributed by atoms with Crippen molar-refractivity contribution in [1.29, 1.82) is 0 Å². The zero-order valence-electron chi connectivity index (χ0n) is 17.6. The number of isothiocyanates is 1. The summed E-state index contributed by atoms with van der Waals surface area (Å²) < 4.78 is 0. The first-order valence-electron chi connectivity index (χ1n) is 10.3. The van der Waals surface area contributed by atoms with Gasteiger partial charge in [0.15, 0.2) is 0 Å². The van der Waals surface area contributed by atoms with Crippen molar-refractivity contribution in [3.63, 3.8) is 0 Å². The maximum atomic E-state index is 5.04. The van der Waals surface area contributed by atoms with E-state index < -0.39 is 0 Å². The van der Waals surface area contributed by atoms with Crippen LogP contribution in [0, 0.1) is 20.8 Å². The summed E-state index contributed by atoms with van der Waals surface area (Å²) in [6, 6.07) is 25.9. The topological polar surface area (TPSA) is 12.4 Å². The molecule has 0 saturated heterocycles. The molecule has 2 atom stereocenters. The highest BCUT2D eigenvalue weighted by atomic mass is 32.1. The van der Waals surface area contributed by atoms with Crippen molar-refractivity contribution in [2.75, 3.05) is 0 Å². The van der Waals surface area contributed by atoms with Gasteiger partial charge in [-0.25, -0.2) is 4.99 Å².